The fourth-order valence-corrected chi connectivity index (χ4v) is 3.57. The van der Waals surface area contributed by atoms with Gasteiger partial charge in [0.1, 0.15) is 17.9 Å². The Hall–Kier alpha value is -2.04. The molecule has 0 amide bonds. The number of halogens is 2. The van der Waals surface area contributed by atoms with Crippen LogP contribution >= 0.6 is 0 Å². The molecule has 0 radical (unpaired) electrons. The third-order valence-corrected chi connectivity index (χ3v) is 5.48. The van der Waals surface area contributed by atoms with E-state index in [4.69, 9.17) is 14.1 Å². The molecule has 0 aliphatic carbocycles. The molecule has 1 saturated heterocycles. The second kappa shape index (κ2) is 9.85. The largest absolute Gasteiger partial charge is 0.535 e. The second-order valence-corrected chi connectivity index (χ2v) is 7.54. The number of Topliss-reactive ketones (excluding diaryl/α,β-unsaturated/α-hetero) is 1. The number of carbonyl (C=O) groups excluding carboxylic acids is 2. The van der Waals surface area contributed by atoms with Crippen LogP contribution in [0, 0.1) is 0 Å². The van der Waals surface area contributed by atoms with Gasteiger partial charge < -0.3 is 19.2 Å². The number of morpholine rings is 1. The number of carbonyl (C=O) groups is 2. The number of fused-ring (bicyclic) bond motifs is 1. The molecule has 0 unspecified atom stereocenters. The highest BCUT2D eigenvalue weighted by Crippen LogP contribution is 2.38. The lowest BCUT2D eigenvalue weighted by Crippen LogP contribution is -2.39. The maximum atomic E-state index is 13.6. The van der Waals surface area contributed by atoms with Gasteiger partial charge >= 0.3 is 19.0 Å². The highest BCUT2D eigenvalue weighted by Gasteiger charge is 2.43. The monoisotopic (exact) mass is 425 g/mol. The molecule has 2 aliphatic heterocycles. The first-order chi connectivity index (χ1) is 14.3. The number of alkyl halides is 2. The molecule has 1 aromatic carbocycles. The van der Waals surface area contributed by atoms with Crippen LogP contribution in [0.1, 0.15) is 35.7 Å². The van der Waals surface area contributed by atoms with Crippen LogP contribution < -0.4 is 4.65 Å². The summed E-state index contributed by atoms with van der Waals surface area (Å²) in [5.74, 6) is -5.87. The van der Waals surface area contributed by atoms with E-state index in [0.29, 0.717) is 25.3 Å². The topological polar surface area (TPSA) is 85.3 Å². The smallest absolute Gasteiger partial charge is 0.526 e. The van der Waals surface area contributed by atoms with Gasteiger partial charge in [-0.25, -0.2) is 4.79 Å². The quantitative estimate of drug-likeness (QED) is 0.504. The third kappa shape index (κ3) is 5.36. The summed E-state index contributed by atoms with van der Waals surface area (Å²) in [5, 5.41) is 10.3. The van der Waals surface area contributed by atoms with E-state index in [0.717, 1.165) is 13.1 Å². The summed E-state index contributed by atoms with van der Waals surface area (Å²) in [6.45, 7) is 4.89. The van der Waals surface area contributed by atoms with Gasteiger partial charge in [-0.15, -0.1) is 0 Å². The van der Waals surface area contributed by atoms with Gasteiger partial charge in [-0.2, -0.15) is 8.78 Å². The average Bonchev–Trinajstić information content (AvgIpc) is 2.74. The van der Waals surface area contributed by atoms with Crippen LogP contribution in [0.2, 0.25) is 5.82 Å². The van der Waals surface area contributed by atoms with Crippen molar-refractivity contribution >= 4 is 18.9 Å². The fourth-order valence-electron chi connectivity index (χ4n) is 3.57. The Morgan fingerprint density at radius 2 is 2.07 bits per heavy atom. The van der Waals surface area contributed by atoms with Crippen molar-refractivity contribution in [2.75, 3.05) is 39.5 Å². The van der Waals surface area contributed by atoms with Gasteiger partial charge in [-0.05, 0) is 18.1 Å². The normalized spacial score (nSPS) is 19.7. The number of hydrogen-bond donors (Lipinski definition) is 1. The first-order valence-corrected chi connectivity index (χ1v) is 10.2. The van der Waals surface area contributed by atoms with Crippen molar-refractivity contribution in [2.45, 2.75) is 37.9 Å². The SMILES string of the molecule is CCC(F)(F)C(=O)C[C@H]1Cc2cccc(C(=O)OCCN3CCOCC3)c2OB1O. The molecule has 30 heavy (non-hydrogen) atoms. The van der Waals surface area contributed by atoms with Gasteiger partial charge in [-0.1, -0.05) is 19.1 Å². The number of benzene rings is 1. The van der Waals surface area contributed by atoms with Crippen molar-refractivity contribution in [1.82, 2.24) is 4.90 Å². The summed E-state index contributed by atoms with van der Waals surface area (Å²) >= 11 is 0. The van der Waals surface area contributed by atoms with Crippen molar-refractivity contribution in [3.8, 4) is 5.75 Å². The van der Waals surface area contributed by atoms with Gasteiger partial charge in [0, 0.05) is 38.3 Å². The van der Waals surface area contributed by atoms with Crippen molar-refractivity contribution < 1.29 is 37.5 Å². The zero-order chi connectivity index (χ0) is 21.7. The Labute approximate surface area is 174 Å². The van der Waals surface area contributed by atoms with E-state index >= 15 is 0 Å². The van der Waals surface area contributed by atoms with Crippen LogP contribution in [-0.4, -0.2) is 74.2 Å². The zero-order valence-corrected chi connectivity index (χ0v) is 16.9. The molecule has 0 bridgehead atoms. The molecular weight excluding hydrogens is 399 g/mol. The maximum Gasteiger partial charge on any atom is 0.526 e. The molecule has 3 rings (SSSR count). The number of ketones is 1. The maximum absolute atomic E-state index is 13.6. The number of ether oxygens (including phenoxy) is 2. The van der Waals surface area contributed by atoms with Crippen molar-refractivity contribution in [2.24, 2.45) is 0 Å². The van der Waals surface area contributed by atoms with Gasteiger partial charge in [0.15, 0.2) is 0 Å². The van der Waals surface area contributed by atoms with Crippen molar-refractivity contribution in [3.05, 3.63) is 29.3 Å². The molecule has 7 nitrogen and oxygen atoms in total. The van der Waals surface area contributed by atoms with Crippen molar-refractivity contribution in [1.29, 1.82) is 0 Å². The lowest BCUT2D eigenvalue weighted by Gasteiger charge is -2.29. The van der Waals surface area contributed by atoms with Gasteiger partial charge in [0.2, 0.25) is 5.78 Å². The van der Waals surface area contributed by atoms with E-state index in [1.807, 2.05) is 0 Å². The second-order valence-electron chi connectivity index (χ2n) is 7.54. The summed E-state index contributed by atoms with van der Waals surface area (Å²) < 4.78 is 43.3. The predicted octanol–water partition coefficient (Wildman–Crippen LogP) is 1.97. The zero-order valence-electron chi connectivity index (χ0n) is 16.9. The molecule has 1 N–H and O–H groups in total. The molecule has 2 aliphatic rings. The first kappa shape index (κ1) is 22.6. The molecule has 164 valence electrons. The van der Waals surface area contributed by atoms with Gasteiger partial charge in [0.05, 0.1) is 13.2 Å². The van der Waals surface area contributed by atoms with E-state index in [1.54, 1.807) is 12.1 Å². The highest BCUT2D eigenvalue weighted by molar-refractivity contribution is 6.47. The van der Waals surface area contributed by atoms with Gasteiger partial charge in [-0.3, -0.25) is 9.69 Å². The third-order valence-electron chi connectivity index (χ3n) is 5.48. The minimum atomic E-state index is -3.42. The number of esters is 1. The minimum Gasteiger partial charge on any atom is -0.535 e. The van der Waals surface area contributed by atoms with Crippen LogP contribution in [0.15, 0.2) is 18.2 Å². The molecule has 1 atom stereocenters. The lowest BCUT2D eigenvalue weighted by atomic mass is 9.64. The molecule has 1 fully saturated rings. The Morgan fingerprint density at radius 1 is 1.33 bits per heavy atom. The number of rotatable bonds is 8. The van der Waals surface area contributed by atoms with E-state index < -0.39 is 43.5 Å². The van der Waals surface area contributed by atoms with Crippen molar-refractivity contribution in [3.63, 3.8) is 0 Å². The molecule has 1 aromatic rings. The number of nitrogens with zero attached hydrogens (tertiary/aromatic N) is 1. The predicted molar refractivity (Wildman–Crippen MR) is 105 cm³/mol. The number of para-hydroxylation sites is 1. The van der Waals surface area contributed by atoms with Gasteiger partial charge in [0.25, 0.3) is 0 Å². The van der Waals surface area contributed by atoms with Crippen LogP contribution in [0.25, 0.3) is 0 Å². The molecular formula is C20H26BF2NO6. The molecule has 10 heteroatoms. The van der Waals surface area contributed by atoms with Crippen LogP contribution in [-0.2, 0) is 20.7 Å². The van der Waals surface area contributed by atoms with E-state index in [-0.39, 0.29) is 24.3 Å². The average molecular weight is 425 g/mol. The Bertz CT molecular complexity index is 772. The molecule has 0 saturated carbocycles. The van der Waals surface area contributed by atoms with E-state index in [9.17, 15) is 23.4 Å². The lowest BCUT2D eigenvalue weighted by molar-refractivity contribution is -0.143. The fraction of sp³-hybridized carbons (Fsp3) is 0.600. The summed E-state index contributed by atoms with van der Waals surface area (Å²) in [7, 11) is -1.46. The van der Waals surface area contributed by atoms with Crippen LogP contribution in [0.3, 0.4) is 0 Å². The Kier molecular flexibility index (Phi) is 7.43. The summed E-state index contributed by atoms with van der Waals surface area (Å²) in [6.07, 6.45) is -0.945. The standard InChI is InChI=1S/C20H26BF2NO6/c1-2-20(22,23)17(25)13-15-12-14-4-3-5-16(18(14)30-21(15)27)19(26)29-11-8-24-6-9-28-10-7-24/h3-5,15,27H,2,6-13H2,1H3/t15-/m1/s1. The van der Waals surface area contributed by atoms with Crippen LogP contribution in [0.4, 0.5) is 8.78 Å². The summed E-state index contributed by atoms with van der Waals surface area (Å²) in [5.41, 5.74) is 0.734. The molecule has 2 heterocycles. The van der Waals surface area contributed by atoms with E-state index in [2.05, 4.69) is 4.90 Å². The minimum absolute atomic E-state index is 0.150. The number of hydrogen-bond acceptors (Lipinski definition) is 7. The summed E-state index contributed by atoms with van der Waals surface area (Å²) in [6, 6.07) is 4.85. The summed E-state index contributed by atoms with van der Waals surface area (Å²) in [4.78, 5) is 26.5. The van der Waals surface area contributed by atoms with Crippen LogP contribution in [0.5, 0.6) is 5.75 Å². The van der Waals surface area contributed by atoms with E-state index in [1.165, 1.54) is 13.0 Å². The molecule has 0 spiro atoms. The molecule has 0 aromatic heterocycles. The Morgan fingerprint density at radius 3 is 2.77 bits per heavy atom. The Balaban J connectivity index is 1.62. The first-order valence-electron chi connectivity index (χ1n) is 10.2. The highest BCUT2D eigenvalue weighted by atomic mass is 19.3.